The van der Waals surface area contributed by atoms with Crippen molar-refractivity contribution >= 4 is 33.2 Å². The van der Waals surface area contributed by atoms with Gasteiger partial charge >= 0.3 is 0 Å². The standard InChI is InChI=1S/C20H23ClN2O4S/c1-27-18-9-11-19(12-10-18)28(25,26)23-13-3-2-4-17(23)14-20(24)22-16-7-5-15(21)6-8-16/h5-12,17H,2-4,13-14H2,1H3,(H,22,24)/t17-/m0/s1. The van der Waals surface area contributed by atoms with Crippen LogP contribution in [0.25, 0.3) is 0 Å². The van der Waals surface area contributed by atoms with Crippen LogP contribution < -0.4 is 10.1 Å². The molecule has 8 heteroatoms. The molecule has 150 valence electrons. The Labute approximate surface area is 170 Å². The number of nitrogens with one attached hydrogen (secondary N) is 1. The van der Waals surface area contributed by atoms with Gasteiger partial charge in [-0.25, -0.2) is 8.42 Å². The molecule has 0 unspecified atom stereocenters. The van der Waals surface area contributed by atoms with Gasteiger partial charge in [-0.2, -0.15) is 4.31 Å². The van der Waals surface area contributed by atoms with Crippen LogP contribution >= 0.6 is 11.6 Å². The Morgan fingerprint density at radius 2 is 1.82 bits per heavy atom. The van der Waals surface area contributed by atoms with Crippen molar-refractivity contribution in [2.24, 2.45) is 0 Å². The lowest BCUT2D eigenvalue weighted by molar-refractivity contribution is -0.117. The molecule has 3 rings (SSSR count). The minimum atomic E-state index is -3.68. The number of nitrogens with zero attached hydrogens (tertiary/aromatic N) is 1. The summed E-state index contributed by atoms with van der Waals surface area (Å²) in [6.45, 7) is 0.410. The van der Waals surface area contributed by atoms with Gasteiger partial charge in [-0.1, -0.05) is 18.0 Å². The number of rotatable bonds is 6. The Kier molecular flexibility index (Phi) is 6.59. The van der Waals surface area contributed by atoms with Gasteiger partial charge < -0.3 is 10.1 Å². The monoisotopic (exact) mass is 422 g/mol. The van der Waals surface area contributed by atoms with Crippen LogP contribution in [-0.2, 0) is 14.8 Å². The maximum absolute atomic E-state index is 13.1. The van der Waals surface area contributed by atoms with E-state index in [1.807, 2.05) is 0 Å². The minimum absolute atomic E-state index is 0.109. The Bertz CT molecular complexity index is 914. The normalized spacial score (nSPS) is 17.9. The first-order valence-corrected chi connectivity index (χ1v) is 10.9. The number of carbonyl (C=O) groups excluding carboxylic acids is 1. The first kappa shape index (κ1) is 20.6. The highest BCUT2D eigenvalue weighted by Crippen LogP contribution is 2.28. The highest BCUT2D eigenvalue weighted by atomic mass is 35.5. The van der Waals surface area contributed by atoms with E-state index in [2.05, 4.69) is 5.32 Å². The number of anilines is 1. The summed E-state index contributed by atoms with van der Waals surface area (Å²) in [5, 5.41) is 3.39. The number of halogens is 1. The molecular formula is C20H23ClN2O4S. The van der Waals surface area contributed by atoms with E-state index in [1.54, 1.807) is 36.4 Å². The van der Waals surface area contributed by atoms with Crippen LogP contribution in [0.3, 0.4) is 0 Å². The van der Waals surface area contributed by atoms with E-state index < -0.39 is 10.0 Å². The predicted octanol–water partition coefficient (Wildman–Crippen LogP) is 3.92. The molecule has 0 aliphatic carbocycles. The summed E-state index contributed by atoms with van der Waals surface area (Å²) < 4.78 is 32.8. The summed E-state index contributed by atoms with van der Waals surface area (Å²) in [7, 11) is -2.15. The Morgan fingerprint density at radius 1 is 1.14 bits per heavy atom. The zero-order valence-electron chi connectivity index (χ0n) is 15.6. The number of hydrogen-bond donors (Lipinski definition) is 1. The number of amides is 1. The molecule has 2 aromatic rings. The number of ether oxygens (including phenoxy) is 1. The largest absolute Gasteiger partial charge is 0.497 e. The Balaban J connectivity index is 1.73. The van der Waals surface area contributed by atoms with Gasteiger partial charge in [-0.3, -0.25) is 4.79 Å². The van der Waals surface area contributed by atoms with Gasteiger partial charge in [-0.15, -0.1) is 0 Å². The van der Waals surface area contributed by atoms with E-state index in [9.17, 15) is 13.2 Å². The minimum Gasteiger partial charge on any atom is -0.497 e. The number of sulfonamides is 1. The molecule has 0 saturated carbocycles. The molecule has 6 nitrogen and oxygen atoms in total. The van der Waals surface area contributed by atoms with Gasteiger partial charge in [0.2, 0.25) is 15.9 Å². The van der Waals surface area contributed by atoms with Crippen molar-refractivity contribution in [1.82, 2.24) is 4.31 Å². The maximum Gasteiger partial charge on any atom is 0.243 e. The molecule has 0 spiro atoms. The number of carbonyl (C=O) groups is 1. The van der Waals surface area contributed by atoms with Crippen LogP contribution in [0.1, 0.15) is 25.7 Å². The number of benzene rings is 2. The SMILES string of the molecule is COc1ccc(S(=O)(=O)N2CCCC[C@H]2CC(=O)Nc2ccc(Cl)cc2)cc1. The first-order valence-electron chi connectivity index (χ1n) is 9.11. The van der Waals surface area contributed by atoms with E-state index >= 15 is 0 Å². The van der Waals surface area contributed by atoms with E-state index in [4.69, 9.17) is 16.3 Å². The summed E-state index contributed by atoms with van der Waals surface area (Å²) in [5.74, 6) is 0.376. The van der Waals surface area contributed by atoms with Crippen molar-refractivity contribution in [1.29, 1.82) is 0 Å². The van der Waals surface area contributed by atoms with Gasteiger partial charge in [0.25, 0.3) is 0 Å². The Morgan fingerprint density at radius 3 is 2.46 bits per heavy atom. The quantitative estimate of drug-likeness (QED) is 0.765. The zero-order chi connectivity index (χ0) is 20.1. The molecule has 1 amide bonds. The number of methoxy groups -OCH3 is 1. The number of piperidine rings is 1. The molecule has 1 heterocycles. The highest BCUT2D eigenvalue weighted by Gasteiger charge is 2.34. The lowest BCUT2D eigenvalue weighted by atomic mass is 10.0. The third-order valence-electron chi connectivity index (χ3n) is 4.79. The lowest BCUT2D eigenvalue weighted by Crippen LogP contribution is -2.45. The molecule has 1 saturated heterocycles. The fourth-order valence-electron chi connectivity index (χ4n) is 3.34. The fourth-order valence-corrected chi connectivity index (χ4v) is 5.16. The van der Waals surface area contributed by atoms with E-state index in [1.165, 1.54) is 23.5 Å². The topological polar surface area (TPSA) is 75.7 Å². The van der Waals surface area contributed by atoms with E-state index in [-0.39, 0.29) is 23.3 Å². The van der Waals surface area contributed by atoms with Crippen LogP contribution in [0.15, 0.2) is 53.4 Å². The van der Waals surface area contributed by atoms with Crippen LogP contribution in [0.4, 0.5) is 5.69 Å². The smallest absolute Gasteiger partial charge is 0.243 e. The van der Waals surface area contributed by atoms with Gasteiger partial charge in [0.15, 0.2) is 0 Å². The molecule has 1 aliphatic rings. The third kappa shape index (κ3) is 4.84. The van der Waals surface area contributed by atoms with Gasteiger partial charge in [0.05, 0.1) is 12.0 Å². The molecule has 2 aromatic carbocycles. The summed E-state index contributed by atoms with van der Waals surface area (Å²) in [4.78, 5) is 12.7. The molecule has 1 atom stereocenters. The highest BCUT2D eigenvalue weighted by molar-refractivity contribution is 7.89. The molecular weight excluding hydrogens is 400 g/mol. The van der Waals surface area contributed by atoms with Crippen LogP contribution in [0, 0.1) is 0 Å². The van der Waals surface area contributed by atoms with Crippen LogP contribution in [-0.4, -0.2) is 38.3 Å². The molecule has 0 aromatic heterocycles. The van der Waals surface area contributed by atoms with Crippen LogP contribution in [0.2, 0.25) is 5.02 Å². The van der Waals surface area contributed by atoms with Crippen LogP contribution in [0.5, 0.6) is 5.75 Å². The van der Waals surface area contributed by atoms with Gasteiger partial charge in [0.1, 0.15) is 5.75 Å². The fraction of sp³-hybridized carbons (Fsp3) is 0.350. The molecule has 1 aliphatic heterocycles. The molecule has 28 heavy (non-hydrogen) atoms. The van der Waals surface area contributed by atoms with E-state index in [0.29, 0.717) is 29.4 Å². The van der Waals surface area contributed by atoms with Crippen molar-refractivity contribution in [2.45, 2.75) is 36.6 Å². The molecule has 1 fully saturated rings. The third-order valence-corrected chi connectivity index (χ3v) is 7.01. The van der Waals surface area contributed by atoms with Crippen molar-refractivity contribution < 1.29 is 17.9 Å². The zero-order valence-corrected chi connectivity index (χ0v) is 17.2. The maximum atomic E-state index is 13.1. The molecule has 1 N–H and O–H groups in total. The van der Waals surface area contributed by atoms with Gasteiger partial charge in [0, 0.05) is 29.7 Å². The average molecular weight is 423 g/mol. The Hall–Kier alpha value is -2.09. The first-order chi connectivity index (χ1) is 13.4. The average Bonchev–Trinajstić information content (AvgIpc) is 2.70. The second kappa shape index (κ2) is 8.94. The second-order valence-electron chi connectivity index (χ2n) is 6.70. The van der Waals surface area contributed by atoms with E-state index in [0.717, 1.165) is 12.8 Å². The molecule has 0 bridgehead atoms. The van der Waals surface area contributed by atoms with Gasteiger partial charge in [-0.05, 0) is 61.4 Å². The van der Waals surface area contributed by atoms with Crippen molar-refractivity contribution in [3.63, 3.8) is 0 Å². The summed E-state index contributed by atoms with van der Waals surface area (Å²) in [6.07, 6.45) is 2.44. The second-order valence-corrected chi connectivity index (χ2v) is 9.03. The van der Waals surface area contributed by atoms with Crippen molar-refractivity contribution in [2.75, 3.05) is 19.0 Å². The number of hydrogen-bond acceptors (Lipinski definition) is 4. The predicted molar refractivity (Wildman–Crippen MR) is 109 cm³/mol. The summed E-state index contributed by atoms with van der Waals surface area (Å²) >= 11 is 5.86. The lowest BCUT2D eigenvalue weighted by Gasteiger charge is -2.34. The summed E-state index contributed by atoms with van der Waals surface area (Å²) in [5.41, 5.74) is 0.634. The van der Waals surface area contributed by atoms with Crippen molar-refractivity contribution in [3.05, 3.63) is 53.6 Å². The van der Waals surface area contributed by atoms with Crippen molar-refractivity contribution in [3.8, 4) is 5.75 Å². The summed E-state index contributed by atoms with van der Waals surface area (Å²) in [6, 6.07) is 12.8. The molecule has 0 radical (unpaired) electrons.